The second-order valence-corrected chi connectivity index (χ2v) is 6.61. The van der Waals surface area contributed by atoms with Gasteiger partial charge < -0.3 is 10.1 Å². The van der Waals surface area contributed by atoms with Crippen molar-refractivity contribution in [3.63, 3.8) is 0 Å². The number of carbonyl (C=O) groups excluding carboxylic acids is 1. The normalized spacial score (nSPS) is 14.9. The van der Waals surface area contributed by atoms with Crippen LogP contribution in [0.1, 0.15) is 34.9 Å². The van der Waals surface area contributed by atoms with Crippen LogP contribution in [-0.4, -0.2) is 15.9 Å². The first-order valence-electron chi connectivity index (χ1n) is 9.27. The van der Waals surface area contributed by atoms with Gasteiger partial charge in [-0.15, -0.1) is 0 Å². The Hall–Kier alpha value is -3.98. The van der Waals surface area contributed by atoms with Crippen LogP contribution in [0, 0.1) is 11.3 Å². The molecule has 1 heterocycles. The van der Waals surface area contributed by atoms with Gasteiger partial charge in [0, 0.05) is 17.3 Å². The Morgan fingerprint density at radius 3 is 2.69 bits per heavy atom. The molecule has 6 nitrogen and oxygen atoms in total. The van der Waals surface area contributed by atoms with Crippen LogP contribution in [0.4, 0.5) is 11.5 Å². The standard InChI is InChI=1S/C23H18N4O2/c24-14-17-6-9-18(10-7-17)27-23-19-11-12-20(22(19)25-15-26-23)29-21(28)13-8-16-4-2-1-3-5-16/h1-10,13,15,20H,11-12H2,(H,25,26,27). The number of nitriles is 1. The first-order chi connectivity index (χ1) is 14.2. The van der Waals surface area contributed by atoms with Crippen molar-refractivity contribution in [2.24, 2.45) is 0 Å². The van der Waals surface area contributed by atoms with Crippen molar-refractivity contribution in [1.29, 1.82) is 5.26 Å². The van der Waals surface area contributed by atoms with Crippen molar-refractivity contribution < 1.29 is 9.53 Å². The van der Waals surface area contributed by atoms with Crippen molar-refractivity contribution in [2.75, 3.05) is 5.32 Å². The Kier molecular flexibility index (Phi) is 5.30. The average Bonchev–Trinajstić information content (AvgIpc) is 3.17. The zero-order valence-corrected chi connectivity index (χ0v) is 15.6. The number of hydrogen-bond acceptors (Lipinski definition) is 6. The number of nitrogens with zero attached hydrogens (tertiary/aromatic N) is 3. The van der Waals surface area contributed by atoms with E-state index in [9.17, 15) is 4.79 Å². The Morgan fingerprint density at radius 1 is 1.14 bits per heavy atom. The van der Waals surface area contributed by atoms with Crippen molar-refractivity contribution in [2.45, 2.75) is 18.9 Å². The van der Waals surface area contributed by atoms with Crippen LogP contribution >= 0.6 is 0 Å². The molecule has 0 radical (unpaired) electrons. The van der Waals surface area contributed by atoms with Gasteiger partial charge in [0.25, 0.3) is 0 Å². The van der Waals surface area contributed by atoms with Crippen LogP contribution in [0.2, 0.25) is 0 Å². The van der Waals surface area contributed by atoms with E-state index in [1.54, 1.807) is 18.2 Å². The molecule has 2 aromatic carbocycles. The fourth-order valence-corrected chi connectivity index (χ4v) is 3.26. The van der Waals surface area contributed by atoms with E-state index in [0.29, 0.717) is 17.8 Å². The Labute approximate surface area is 168 Å². The molecule has 0 amide bonds. The summed E-state index contributed by atoms with van der Waals surface area (Å²) in [6.07, 6.45) is 5.63. The highest BCUT2D eigenvalue weighted by molar-refractivity contribution is 5.87. The van der Waals surface area contributed by atoms with Crippen LogP contribution in [0.3, 0.4) is 0 Å². The molecule has 1 atom stereocenters. The van der Waals surface area contributed by atoms with E-state index in [1.807, 2.05) is 42.5 Å². The highest BCUT2D eigenvalue weighted by atomic mass is 16.5. The van der Waals surface area contributed by atoms with Crippen LogP contribution in [-0.2, 0) is 16.0 Å². The van der Waals surface area contributed by atoms with Gasteiger partial charge in [-0.2, -0.15) is 5.26 Å². The van der Waals surface area contributed by atoms with E-state index < -0.39 is 5.97 Å². The summed E-state index contributed by atoms with van der Waals surface area (Å²) in [7, 11) is 0. The molecule has 0 spiro atoms. The maximum atomic E-state index is 12.2. The van der Waals surface area contributed by atoms with E-state index >= 15 is 0 Å². The van der Waals surface area contributed by atoms with E-state index in [1.165, 1.54) is 12.4 Å². The summed E-state index contributed by atoms with van der Waals surface area (Å²) < 4.78 is 5.62. The summed E-state index contributed by atoms with van der Waals surface area (Å²) >= 11 is 0. The fraction of sp³-hybridized carbons (Fsp3) is 0.130. The van der Waals surface area contributed by atoms with Gasteiger partial charge in [0.05, 0.1) is 17.3 Å². The van der Waals surface area contributed by atoms with Crippen LogP contribution < -0.4 is 5.32 Å². The summed E-state index contributed by atoms with van der Waals surface area (Å²) in [6, 6.07) is 18.8. The molecule has 0 saturated carbocycles. The predicted molar refractivity (Wildman–Crippen MR) is 109 cm³/mol. The van der Waals surface area contributed by atoms with Crippen LogP contribution in [0.25, 0.3) is 6.08 Å². The van der Waals surface area contributed by atoms with Gasteiger partial charge in [0.15, 0.2) is 0 Å². The second kappa shape index (κ2) is 8.36. The smallest absolute Gasteiger partial charge is 0.331 e. The van der Waals surface area contributed by atoms with Gasteiger partial charge in [0.2, 0.25) is 0 Å². The van der Waals surface area contributed by atoms with Gasteiger partial charge in [-0.3, -0.25) is 0 Å². The second-order valence-electron chi connectivity index (χ2n) is 6.61. The number of benzene rings is 2. The summed E-state index contributed by atoms with van der Waals surface area (Å²) in [4.78, 5) is 20.9. The minimum atomic E-state index is -0.396. The lowest BCUT2D eigenvalue weighted by molar-refractivity contribution is -0.143. The van der Waals surface area contributed by atoms with Crippen molar-refractivity contribution in [1.82, 2.24) is 9.97 Å². The summed E-state index contributed by atoms with van der Waals surface area (Å²) in [5.41, 5.74) is 4.04. The number of nitrogens with one attached hydrogen (secondary N) is 1. The number of hydrogen-bond donors (Lipinski definition) is 1. The number of fused-ring (bicyclic) bond motifs is 1. The lowest BCUT2D eigenvalue weighted by Crippen LogP contribution is -2.08. The number of anilines is 2. The van der Waals surface area contributed by atoms with E-state index in [4.69, 9.17) is 10.00 Å². The average molecular weight is 382 g/mol. The lowest BCUT2D eigenvalue weighted by Gasteiger charge is -2.12. The monoisotopic (exact) mass is 382 g/mol. The summed E-state index contributed by atoms with van der Waals surface area (Å²) in [5.74, 6) is 0.296. The van der Waals surface area contributed by atoms with Gasteiger partial charge in [-0.1, -0.05) is 30.3 Å². The van der Waals surface area contributed by atoms with Gasteiger partial charge in [-0.05, 0) is 48.7 Å². The molecule has 0 bridgehead atoms. The molecule has 142 valence electrons. The molecular formula is C23H18N4O2. The molecule has 0 saturated heterocycles. The van der Waals surface area contributed by atoms with E-state index in [0.717, 1.165) is 28.9 Å². The predicted octanol–water partition coefficient (Wildman–Crippen LogP) is 4.34. The number of ether oxygens (including phenoxy) is 1. The first-order valence-corrected chi connectivity index (χ1v) is 9.27. The molecule has 29 heavy (non-hydrogen) atoms. The minimum absolute atomic E-state index is 0.387. The maximum absolute atomic E-state index is 12.2. The molecule has 0 aliphatic heterocycles. The Bertz CT molecular complexity index is 1090. The molecule has 4 rings (SSSR count). The summed E-state index contributed by atoms with van der Waals surface area (Å²) in [5, 5.41) is 12.2. The zero-order chi connectivity index (χ0) is 20.1. The third kappa shape index (κ3) is 4.30. The highest BCUT2D eigenvalue weighted by Crippen LogP contribution is 2.36. The zero-order valence-electron chi connectivity index (χ0n) is 15.6. The Morgan fingerprint density at radius 2 is 1.93 bits per heavy atom. The van der Waals surface area contributed by atoms with Gasteiger partial charge >= 0.3 is 5.97 Å². The molecule has 0 fully saturated rings. The highest BCUT2D eigenvalue weighted by Gasteiger charge is 2.29. The topological polar surface area (TPSA) is 87.9 Å². The molecule has 1 unspecified atom stereocenters. The van der Waals surface area contributed by atoms with E-state index in [2.05, 4.69) is 21.4 Å². The lowest BCUT2D eigenvalue weighted by atomic mass is 10.2. The molecule has 1 aliphatic carbocycles. The van der Waals surface area contributed by atoms with Crippen LogP contribution in [0.15, 0.2) is 67.0 Å². The molecule has 6 heteroatoms. The third-order valence-electron chi connectivity index (χ3n) is 4.69. The SMILES string of the molecule is N#Cc1ccc(Nc2ncnc3c2CCC3OC(=O)C=Cc2ccccc2)cc1. The van der Waals surface area contributed by atoms with Crippen molar-refractivity contribution in [3.05, 3.63) is 89.4 Å². The first kappa shape index (κ1) is 18.4. The molecule has 1 N–H and O–H groups in total. The maximum Gasteiger partial charge on any atom is 0.331 e. The number of esters is 1. The van der Waals surface area contributed by atoms with Gasteiger partial charge in [0.1, 0.15) is 18.2 Å². The fourth-order valence-electron chi connectivity index (χ4n) is 3.26. The largest absolute Gasteiger partial charge is 0.453 e. The van der Waals surface area contributed by atoms with Crippen molar-refractivity contribution >= 4 is 23.6 Å². The van der Waals surface area contributed by atoms with Crippen LogP contribution in [0.5, 0.6) is 0 Å². The third-order valence-corrected chi connectivity index (χ3v) is 4.69. The molecule has 1 aromatic heterocycles. The molecular weight excluding hydrogens is 364 g/mol. The summed E-state index contributed by atoms with van der Waals surface area (Å²) in [6.45, 7) is 0. The Balaban J connectivity index is 1.46. The number of aromatic nitrogens is 2. The quantitative estimate of drug-likeness (QED) is 0.522. The van der Waals surface area contributed by atoms with Gasteiger partial charge in [-0.25, -0.2) is 14.8 Å². The molecule has 1 aliphatic rings. The van der Waals surface area contributed by atoms with E-state index in [-0.39, 0.29) is 6.10 Å². The number of rotatable bonds is 5. The minimum Gasteiger partial charge on any atom is -0.453 e. The van der Waals surface area contributed by atoms with Crippen molar-refractivity contribution in [3.8, 4) is 6.07 Å². The molecule has 3 aromatic rings. The number of carbonyl (C=O) groups is 1.